The number of carbonyl (C=O) groups excluding carboxylic acids is 1. The average molecular weight is 578 g/mol. The number of aromatic nitrogens is 4. The normalized spacial score (nSPS) is 13.5. The van der Waals surface area contributed by atoms with Gasteiger partial charge in [-0.1, -0.05) is 87.2 Å². The zero-order valence-corrected chi connectivity index (χ0v) is 25.4. The van der Waals surface area contributed by atoms with Crippen molar-refractivity contribution in [1.29, 1.82) is 0 Å². The Labute approximate surface area is 246 Å². The molecule has 0 spiro atoms. The van der Waals surface area contributed by atoms with E-state index in [0.29, 0.717) is 17.0 Å². The molecule has 0 unspecified atom stereocenters. The Morgan fingerprint density at radius 3 is 2.52 bits per heavy atom. The molecule has 2 aromatic heterocycles. The fraction of sp³-hybridized carbons (Fsp3) is 0.290. The second-order valence-corrected chi connectivity index (χ2v) is 11.3. The summed E-state index contributed by atoms with van der Waals surface area (Å²) in [6, 6.07) is 9.77. The van der Waals surface area contributed by atoms with E-state index >= 15 is 0 Å². The van der Waals surface area contributed by atoms with E-state index in [2.05, 4.69) is 49.8 Å². The molecule has 2 N–H and O–H groups in total. The molecule has 0 fully saturated rings. The molecule has 0 saturated carbocycles. The van der Waals surface area contributed by atoms with Gasteiger partial charge < -0.3 is 5.73 Å². The molecule has 7 nitrogen and oxygen atoms in total. The minimum atomic E-state index is -0.0591. The molecule has 1 aromatic carbocycles. The van der Waals surface area contributed by atoms with Crippen molar-refractivity contribution < 1.29 is 6.22 Å². The van der Waals surface area contributed by atoms with Crippen molar-refractivity contribution in [3.8, 4) is 11.4 Å². The number of aryl methyl sites for hydroxylation is 2. The highest BCUT2D eigenvalue weighted by atomic mass is 32.2. The molecule has 0 aliphatic heterocycles. The first kappa shape index (κ1) is 31.0. The summed E-state index contributed by atoms with van der Waals surface area (Å²) in [6.07, 6.45) is 11.2. The number of hydrogen-bond donors (Lipinski definition) is 1. The van der Waals surface area contributed by atoms with Gasteiger partial charge in [-0.25, -0.2) is 4.98 Å². The Bertz CT molecular complexity index is 1570. The van der Waals surface area contributed by atoms with Crippen molar-refractivity contribution in [3.05, 3.63) is 104 Å². The molecule has 0 amide bonds. The van der Waals surface area contributed by atoms with E-state index in [4.69, 9.17) is 10.7 Å². The molecule has 2 heterocycles. The van der Waals surface area contributed by atoms with Gasteiger partial charge in [0.15, 0.2) is 11.1 Å². The van der Waals surface area contributed by atoms with Crippen LogP contribution < -0.4 is 11.3 Å². The van der Waals surface area contributed by atoms with Crippen LogP contribution in [0.2, 0.25) is 0 Å². The van der Waals surface area contributed by atoms with Crippen LogP contribution in [-0.4, -0.2) is 30.7 Å². The molecule has 4 rings (SSSR count). The van der Waals surface area contributed by atoms with Crippen LogP contribution >= 0.6 is 23.5 Å². The summed E-state index contributed by atoms with van der Waals surface area (Å²) < 4.78 is 3.24. The molecule has 0 bridgehead atoms. The summed E-state index contributed by atoms with van der Waals surface area (Å²) in [7, 11) is 3.55. The zero-order chi connectivity index (χ0) is 29.2. The lowest BCUT2D eigenvalue weighted by atomic mass is 10.1. The molecule has 1 aliphatic rings. The second-order valence-electron chi connectivity index (χ2n) is 9.14. The van der Waals surface area contributed by atoms with Crippen molar-refractivity contribution in [1.82, 2.24) is 19.3 Å². The van der Waals surface area contributed by atoms with Crippen LogP contribution in [0.25, 0.3) is 22.4 Å². The van der Waals surface area contributed by atoms with Crippen molar-refractivity contribution in [2.75, 3.05) is 5.75 Å². The van der Waals surface area contributed by atoms with E-state index in [0.717, 1.165) is 75.2 Å². The van der Waals surface area contributed by atoms with Crippen LogP contribution in [0.1, 0.15) is 40.7 Å². The smallest absolute Gasteiger partial charge is 0.279 e. The molecule has 0 atom stereocenters. The minimum absolute atomic E-state index is 0. The van der Waals surface area contributed by atoms with Gasteiger partial charge in [-0.15, -0.1) is 11.8 Å². The van der Waals surface area contributed by atoms with Crippen molar-refractivity contribution in [2.45, 2.75) is 40.0 Å². The van der Waals surface area contributed by atoms with Crippen molar-refractivity contribution in [3.63, 3.8) is 0 Å². The summed E-state index contributed by atoms with van der Waals surface area (Å²) in [5.41, 5.74) is 12.1. The third-order valence-corrected chi connectivity index (χ3v) is 8.10. The van der Waals surface area contributed by atoms with Gasteiger partial charge in [0.25, 0.3) is 5.56 Å². The molecule has 40 heavy (non-hydrogen) atoms. The zero-order valence-electron chi connectivity index (χ0n) is 23.8. The van der Waals surface area contributed by atoms with Crippen LogP contribution in [0, 0.1) is 0 Å². The van der Waals surface area contributed by atoms with Crippen LogP contribution in [-0.2, 0) is 25.3 Å². The summed E-state index contributed by atoms with van der Waals surface area (Å²) in [5, 5.41) is 4.46. The van der Waals surface area contributed by atoms with Gasteiger partial charge in [0, 0.05) is 36.6 Å². The first-order valence-electron chi connectivity index (χ1n) is 13.2. The maximum absolute atomic E-state index is 12.6. The van der Waals surface area contributed by atoms with E-state index < -0.39 is 0 Å². The predicted octanol–water partition coefficient (Wildman–Crippen LogP) is 6.71. The number of hydrogen-bond acceptors (Lipinski definition) is 7. The van der Waals surface area contributed by atoms with E-state index in [9.17, 15) is 9.59 Å². The molecule has 212 valence electrons. The lowest BCUT2D eigenvalue weighted by Crippen LogP contribution is -2.21. The summed E-state index contributed by atoms with van der Waals surface area (Å²) in [6.45, 7) is 9.94. The Balaban J connectivity index is 0.000000282. The largest absolute Gasteiger partial charge is 0.398 e. The van der Waals surface area contributed by atoms with Crippen LogP contribution in [0.5, 0.6) is 0 Å². The highest BCUT2D eigenvalue weighted by Gasteiger charge is 2.17. The number of nitrogens with two attached hydrogens (primary N) is 1. The van der Waals surface area contributed by atoms with Gasteiger partial charge in [-0.05, 0) is 42.7 Å². The van der Waals surface area contributed by atoms with E-state index in [1.54, 1.807) is 23.3 Å². The quantitative estimate of drug-likeness (QED) is 0.223. The van der Waals surface area contributed by atoms with Gasteiger partial charge in [0.2, 0.25) is 0 Å². The van der Waals surface area contributed by atoms with E-state index in [1.165, 1.54) is 4.91 Å². The molecule has 0 radical (unpaired) electrons. The van der Waals surface area contributed by atoms with E-state index in [-0.39, 0.29) is 6.99 Å². The van der Waals surface area contributed by atoms with Crippen LogP contribution in [0.3, 0.4) is 0 Å². The van der Waals surface area contributed by atoms with E-state index in [1.807, 2.05) is 49.0 Å². The number of nitrogens with zero attached hydrogens (tertiary/aromatic N) is 4. The maximum Gasteiger partial charge on any atom is 0.279 e. The first-order valence-corrected chi connectivity index (χ1v) is 15.0. The highest BCUT2D eigenvalue weighted by Crippen LogP contribution is 2.30. The number of allylic oxidation sites excluding steroid dienone is 6. The Kier molecular flexibility index (Phi) is 11.4. The number of fused-ring (bicyclic) bond motifs is 1. The third-order valence-electron chi connectivity index (χ3n) is 6.28. The summed E-state index contributed by atoms with van der Waals surface area (Å²) in [5.74, 6) is 1.74. The molecule has 0 saturated heterocycles. The molecule has 1 aliphatic carbocycles. The lowest BCUT2D eigenvalue weighted by molar-refractivity contribution is 0.570. The number of carbonyl (C=O) groups is 1. The Morgan fingerprint density at radius 1 is 1.18 bits per heavy atom. The topological polar surface area (TPSA) is 95.8 Å². The number of rotatable bonds is 9. The highest BCUT2D eigenvalue weighted by molar-refractivity contribution is 8.15. The minimum Gasteiger partial charge on any atom is -0.398 e. The monoisotopic (exact) mass is 577 g/mol. The second kappa shape index (κ2) is 14.7. The molecule has 9 heteroatoms. The molecule has 3 aromatic rings. The van der Waals surface area contributed by atoms with Crippen LogP contribution in [0.4, 0.5) is 0 Å². The predicted molar refractivity (Wildman–Crippen MR) is 174 cm³/mol. The van der Waals surface area contributed by atoms with Gasteiger partial charge in [0.1, 0.15) is 11.3 Å². The Hall–Kier alpha value is -3.56. The summed E-state index contributed by atoms with van der Waals surface area (Å²) in [4.78, 5) is 30.1. The summed E-state index contributed by atoms with van der Waals surface area (Å²) >= 11 is 2.91. The molecular weight excluding hydrogens is 539 g/mol. The average Bonchev–Trinajstić information content (AvgIpc) is 3.09. The van der Waals surface area contributed by atoms with Gasteiger partial charge in [0.05, 0.1) is 5.69 Å². The Morgan fingerprint density at radius 2 is 1.90 bits per heavy atom. The third kappa shape index (κ3) is 7.34. The first-order chi connectivity index (χ1) is 19.2. The molecular formula is C31H39N5O2S2. The lowest BCUT2D eigenvalue weighted by Gasteiger charge is -2.09. The van der Waals surface area contributed by atoms with Gasteiger partial charge in [-0.3, -0.25) is 18.8 Å². The maximum atomic E-state index is 12.6. The SMILES string of the molecule is C=C(N)/C(SC=O)=C(/C)C1=CCC=C(SCC)C=C1.CCCc1nn(C)c2c(=O)n(C)c(-c3ccccc3)nc12.[HH]. The fourth-order valence-corrected chi connectivity index (χ4v) is 5.61. The van der Waals surface area contributed by atoms with Crippen molar-refractivity contribution >= 4 is 40.2 Å². The van der Waals surface area contributed by atoms with Crippen LogP contribution in [0.15, 0.2) is 92.7 Å². The standard InChI is InChI=1S/C16H18N4O.C15H19NOS2.H2/c1-4-8-12-13-14(20(3)18-12)16(21)19(2)15(17-13)11-9-6-5-7-10-11;1-4-18-14-7-5-6-13(8-9-14)11(2)15(12(3)16)19-10-17;/h5-7,9-10H,4,8H2,1-3H3;6-10H,3-5,16H2,1-2H3;1H/b;15-11+;. The van der Waals surface area contributed by atoms with Gasteiger partial charge >= 0.3 is 0 Å². The number of thioether (sulfide) groups is 2. The fourth-order valence-electron chi connectivity index (χ4n) is 4.36. The van der Waals surface area contributed by atoms with Crippen molar-refractivity contribution in [2.24, 2.45) is 19.8 Å². The number of benzene rings is 1. The van der Waals surface area contributed by atoms with Gasteiger partial charge in [-0.2, -0.15) is 5.10 Å².